The Kier molecular flexibility index (Phi) is 2.63. The van der Waals surface area contributed by atoms with Crippen LogP contribution in [0.3, 0.4) is 0 Å². The zero-order chi connectivity index (χ0) is 10.2. The predicted octanol–water partition coefficient (Wildman–Crippen LogP) is 3.44. The van der Waals surface area contributed by atoms with Gasteiger partial charge < -0.3 is 0 Å². The fourth-order valence-corrected chi connectivity index (χ4v) is 3.85. The molecule has 0 spiro atoms. The van der Waals surface area contributed by atoms with E-state index in [0.29, 0.717) is 11.0 Å². The van der Waals surface area contributed by atoms with Crippen LogP contribution in [-0.4, -0.2) is 23.5 Å². The average molecular weight is 195 g/mol. The molecule has 0 aromatic heterocycles. The van der Waals surface area contributed by atoms with Crippen molar-refractivity contribution in [2.24, 2.45) is 5.41 Å². The lowest BCUT2D eigenvalue weighted by Crippen LogP contribution is -2.37. The minimum Gasteiger partial charge on any atom is -0.297 e. The van der Waals surface area contributed by atoms with Crippen LogP contribution in [0.2, 0.25) is 0 Å². The summed E-state index contributed by atoms with van der Waals surface area (Å²) in [5, 5.41) is 0. The Morgan fingerprint density at radius 3 is 2.29 bits per heavy atom. The van der Waals surface area contributed by atoms with Crippen LogP contribution in [0.25, 0.3) is 0 Å². The van der Waals surface area contributed by atoms with Crippen LogP contribution in [0.15, 0.2) is 0 Å². The smallest absolute Gasteiger partial charge is 0.0213 e. The highest BCUT2D eigenvalue weighted by Gasteiger charge is 2.52. The SMILES string of the molecule is CCC1(CC)CN2CCCC2(CC)C1. The van der Waals surface area contributed by atoms with E-state index < -0.39 is 0 Å². The third-order valence-corrected chi connectivity index (χ3v) is 5.13. The summed E-state index contributed by atoms with van der Waals surface area (Å²) in [6.45, 7) is 9.91. The summed E-state index contributed by atoms with van der Waals surface area (Å²) >= 11 is 0. The lowest BCUT2D eigenvalue weighted by molar-refractivity contribution is 0.189. The van der Waals surface area contributed by atoms with Crippen molar-refractivity contribution in [2.75, 3.05) is 13.1 Å². The highest BCUT2D eigenvalue weighted by molar-refractivity contribution is 5.07. The van der Waals surface area contributed by atoms with Gasteiger partial charge in [-0.25, -0.2) is 0 Å². The second-order valence-corrected chi connectivity index (χ2v) is 5.49. The Labute approximate surface area is 88.9 Å². The Balaban J connectivity index is 2.18. The molecule has 1 nitrogen and oxygen atoms in total. The van der Waals surface area contributed by atoms with Crippen LogP contribution in [0.4, 0.5) is 0 Å². The van der Waals surface area contributed by atoms with E-state index in [0.717, 1.165) is 0 Å². The molecule has 2 aliphatic heterocycles. The van der Waals surface area contributed by atoms with E-state index in [-0.39, 0.29) is 0 Å². The second kappa shape index (κ2) is 3.52. The van der Waals surface area contributed by atoms with Crippen molar-refractivity contribution in [3.63, 3.8) is 0 Å². The van der Waals surface area contributed by atoms with Crippen molar-refractivity contribution in [1.29, 1.82) is 0 Å². The number of hydrogen-bond acceptors (Lipinski definition) is 1. The molecule has 0 aromatic rings. The zero-order valence-electron chi connectivity index (χ0n) is 10.1. The third-order valence-electron chi connectivity index (χ3n) is 5.13. The van der Waals surface area contributed by atoms with E-state index in [2.05, 4.69) is 25.7 Å². The normalized spacial score (nSPS) is 36.2. The van der Waals surface area contributed by atoms with Gasteiger partial charge in [0.25, 0.3) is 0 Å². The molecule has 1 heteroatoms. The van der Waals surface area contributed by atoms with E-state index in [4.69, 9.17) is 0 Å². The topological polar surface area (TPSA) is 3.24 Å². The molecule has 2 saturated heterocycles. The summed E-state index contributed by atoms with van der Waals surface area (Å²) in [5.74, 6) is 0. The summed E-state index contributed by atoms with van der Waals surface area (Å²) in [6, 6.07) is 0. The highest BCUT2D eigenvalue weighted by atomic mass is 15.3. The Morgan fingerprint density at radius 1 is 1.07 bits per heavy atom. The summed E-state index contributed by atoms with van der Waals surface area (Å²) < 4.78 is 0. The summed E-state index contributed by atoms with van der Waals surface area (Å²) in [5.41, 5.74) is 1.28. The lowest BCUT2D eigenvalue weighted by Gasteiger charge is -2.31. The molecule has 82 valence electrons. The van der Waals surface area contributed by atoms with E-state index >= 15 is 0 Å². The first-order valence-electron chi connectivity index (χ1n) is 6.45. The van der Waals surface area contributed by atoms with Gasteiger partial charge in [0.2, 0.25) is 0 Å². The van der Waals surface area contributed by atoms with Crippen LogP contribution >= 0.6 is 0 Å². The van der Waals surface area contributed by atoms with Gasteiger partial charge >= 0.3 is 0 Å². The molecule has 0 radical (unpaired) electrons. The molecular formula is C13H25N. The van der Waals surface area contributed by atoms with Gasteiger partial charge in [0.1, 0.15) is 0 Å². The molecule has 0 bridgehead atoms. The maximum Gasteiger partial charge on any atom is 0.0213 e. The fourth-order valence-electron chi connectivity index (χ4n) is 3.85. The van der Waals surface area contributed by atoms with E-state index in [1.165, 1.54) is 51.6 Å². The average Bonchev–Trinajstić information content (AvgIpc) is 2.72. The minimum absolute atomic E-state index is 0.617. The number of hydrogen-bond donors (Lipinski definition) is 0. The lowest BCUT2D eigenvalue weighted by atomic mass is 9.75. The zero-order valence-corrected chi connectivity index (χ0v) is 10.1. The first kappa shape index (κ1) is 10.5. The number of fused-ring (bicyclic) bond motifs is 1. The molecule has 2 heterocycles. The first-order chi connectivity index (χ1) is 6.70. The molecule has 2 rings (SSSR count). The largest absolute Gasteiger partial charge is 0.297 e. The van der Waals surface area contributed by atoms with Crippen molar-refractivity contribution in [1.82, 2.24) is 4.90 Å². The molecule has 0 aromatic carbocycles. The molecule has 1 unspecified atom stereocenters. The van der Waals surface area contributed by atoms with Crippen LogP contribution in [-0.2, 0) is 0 Å². The highest BCUT2D eigenvalue weighted by Crippen LogP contribution is 2.52. The van der Waals surface area contributed by atoms with E-state index in [9.17, 15) is 0 Å². The molecule has 2 aliphatic rings. The molecule has 0 saturated carbocycles. The van der Waals surface area contributed by atoms with E-state index in [1.807, 2.05) is 0 Å². The minimum atomic E-state index is 0.617. The maximum absolute atomic E-state index is 2.81. The molecule has 14 heavy (non-hydrogen) atoms. The third kappa shape index (κ3) is 1.32. The van der Waals surface area contributed by atoms with Gasteiger partial charge in [-0.1, -0.05) is 20.8 Å². The van der Waals surface area contributed by atoms with Crippen molar-refractivity contribution in [2.45, 2.75) is 64.8 Å². The van der Waals surface area contributed by atoms with E-state index in [1.54, 1.807) is 0 Å². The van der Waals surface area contributed by atoms with Gasteiger partial charge in [0, 0.05) is 12.1 Å². The van der Waals surface area contributed by atoms with Crippen molar-refractivity contribution < 1.29 is 0 Å². The molecule has 0 aliphatic carbocycles. The van der Waals surface area contributed by atoms with Gasteiger partial charge in [-0.05, 0) is 50.5 Å². The predicted molar refractivity (Wildman–Crippen MR) is 61.5 cm³/mol. The summed E-state index contributed by atoms with van der Waals surface area (Å²) in [7, 11) is 0. The monoisotopic (exact) mass is 195 g/mol. The molecular weight excluding hydrogens is 170 g/mol. The maximum atomic E-state index is 2.81. The van der Waals surface area contributed by atoms with Gasteiger partial charge in [-0.15, -0.1) is 0 Å². The van der Waals surface area contributed by atoms with Gasteiger partial charge in [-0.2, -0.15) is 0 Å². The standard InChI is InChI=1S/C13H25N/c1-4-12(5-2)10-13(6-3)8-7-9-14(13)11-12/h4-11H2,1-3H3. The number of rotatable bonds is 3. The molecule has 0 amide bonds. The first-order valence-corrected chi connectivity index (χ1v) is 6.45. The fraction of sp³-hybridized carbons (Fsp3) is 1.00. The number of nitrogens with zero attached hydrogens (tertiary/aromatic N) is 1. The van der Waals surface area contributed by atoms with Gasteiger partial charge in [-0.3, -0.25) is 4.90 Å². The van der Waals surface area contributed by atoms with Crippen molar-refractivity contribution in [3.05, 3.63) is 0 Å². The quantitative estimate of drug-likeness (QED) is 0.667. The van der Waals surface area contributed by atoms with Gasteiger partial charge in [0.15, 0.2) is 0 Å². The Bertz CT molecular complexity index is 207. The van der Waals surface area contributed by atoms with Crippen molar-refractivity contribution in [3.8, 4) is 0 Å². The summed E-state index contributed by atoms with van der Waals surface area (Å²) in [6.07, 6.45) is 8.50. The molecule has 1 atom stereocenters. The second-order valence-electron chi connectivity index (χ2n) is 5.49. The van der Waals surface area contributed by atoms with Crippen LogP contribution in [0, 0.1) is 5.41 Å². The van der Waals surface area contributed by atoms with Crippen LogP contribution in [0.5, 0.6) is 0 Å². The van der Waals surface area contributed by atoms with Crippen LogP contribution < -0.4 is 0 Å². The Hall–Kier alpha value is -0.0400. The van der Waals surface area contributed by atoms with Gasteiger partial charge in [0.05, 0.1) is 0 Å². The summed E-state index contributed by atoms with van der Waals surface area (Å²) in [4.78, 5) is 2.81. The molecule has 2 fully saturated rings. The molecule has 0 N–H and O–H groups in total. The Morgan fingerprint density at radius 2 is 1.79 bits per heavy atom. The van der Waals surface area contributed by atoms with Crippen molar-refractivity contribution >= 4 is 0 Å². The van der Waals surface area contributed by atoms with Crippen LogP contribution in [0.1, 0.15) is 59.3 Å².